The summed E-state index contributed by atoms with van der Waals surface area (Å²) >= 11 is 0. The molecule has 0 saturated carbocycles. The van der Waals surface area contributed by atoms with Gasteiger partial charge in [0.1, 0.15) is 0 Å². The van der Waals surface area contributed by atoms with Gasteiger partial charge in [0.15, 0.2) is 6.10 Å². The van der Waals surface area contributed by atoms with E-state index in [2.05, 4.69) is 10.6 Å². The van der Waals surface area contributed by atoms with Crippen LogP contribution < -0.4 is 10.6 Å². The number of rotatable bonds is 6. The summed E-state index contributed by atoms with van der Waals surface area (Å²) in [6, 6.07) is 20.3. The van der Waals surface area contributed by atoms with E-state index in [1.165, 1.54) is 13.8 Å². The number of hydrogen-bond donors (Lipinski definition) is 2. The van der Waals surface area contributed by atoms with Crippen molar-refractivity contribution in [3.05, 3.63) is 72.3 Å². The lowest BCUT2D eigenvalue weighted by Crippen LogP contribution is -2.30. The number of amides is 2. The van der Waals surface area contributed by atoms with Crippen LogP contribution in [0.4, 0.5) is 11.4 Å². The van der Waals surface area contributed by atoms with E-state index in [0.29, 0.717) is 11.4 Å². The van der Waals surface area contributed by atoms with Crippen molar-refractivity contribution in [1.82, 2.24) is 0 Å². The first kappa shape index (κ1) is 20.1. The van der Waals surface area contributed by atoms with E-state index >= 15 is 0 Å². The largest absolute Gasteiger partial charge is 0.452 e. The fraction of sp³-hybridized carbons (Fsp3) is 0.174. The summed E-state index contributed by atoms with van der Waals surface area (Å²) in [5, 5.41) is 7.52. The summed E-state index contributed by atoms with van der Waals surface area (Å²) in [4.78, 5) is 35.5. The van der Waals surface area contributed by atoms with Crippen LogP contribution >= 0.6 is 0 Å². The maximum absolute atomic E-state index is 12.4. The molecule has 29 heavy (non-hydrogen) atoms. The van der Waals surface area contributed by atoms with Gasteiger partial charge in [-0.05, 0) is 47.5 Å². The zero-order chi connectivity index (χ0) is 20.8. The standard InChI is InChI=1S/C23H22N2O4/c1-15(23(28)25-21-12-9-18-5-3-4-6-19(18)14-21)29-22(27)13-17-7-10-20(11-8-17)24-16(2)26/h3-12,14-15H,13H2,1-2H3,(H,24,26)(H,25,28)/t15-/m1/s1. The minimum Gasteiger partial charge on any atom is -0.452 e. The summed E-state index contributed by atoms with van der Waals surface area (Å²) in [5.41, 5.74) is 2.02. The van der Waals surface area contributed by atoms with Crippen molar-refractivity contribution >= 4 is 39.9 Å². The highest BCUT2D eigenvalue weighted by Gasteiger charge is 2.18. The Morgan fingerprint density at radius 1 is 0.862 bits per heavy atom. The molecule has 0 fully saturated rings. The van der Waals surface area contributed by atoms with Crippen molar-refractivity contribution in [3.63, 3.8) is 0 Å². The van der Waals surface area contributed by atoms with E-state index in [4.69, 9.17) is 4.74 Å². The number of ether oxygens (including phenoxy) is 1. The average Bonchev–Trinajstić information content (AvgIpc) is 2.69. The number of nitrogens with one attached hydrogen (secondary N) is 2. The van der Waals surface area contributed by atoms with Gasteiger partial charge < -0.3 is 15.4 Å². The van der Waals surface area contributed by atoms with Crippen LogP contribution in [0.5, 0.6) is 0 Å². The van der Waals surface area contributed by atoms with Crippen LogP contribution in [0, 0.1) is 0 Å². The van der Waals surface area contributed by atoms with Crippen molar-refractivity contribution in [2.45, 2.75) is 26.4 Å². The number of anilines is 2. The Bertz CT molecular complexity index is 1040. The van der Waals surface area contributed by atoms with Gasteiger partial charge in [-0.25, -0.2) is 0 Å². The molecule has 0 unspecified atom stereocenters. The van der Waals surface area contributed by atoms with Gasteiger partial charge >= 0.3 is 5.97 Å². The van der Waals surface area contributed by atoms with E-state index in [0.717, 1.165) is 16.3 Å². The molecule has 0 heterocycles. The summed E-state index contributed by atoms with van der Waals surface area (Å²) in [5.74, 6) is -1.06. The van der Waals surface area contributed by atoms with Crippen LogP contribution in [0.3, 0.4) is 0 Å². The molecule has 0 saturated heterocycles. The zero-order valence-electron chi connectivity index (χ0n) is 16.3. The second kappa shape index (κ2) is 9.01. The van der Waals surface area contributed by atoms with Crippen molar-refractivity contribution in [2.75, 3.05) is 10.6 Å². The molecule has 148 valence electrons. The lowest BCUT2D eigenvalue weighted by atomic mass is 10.1. The molecule has 0 aromatic heterocycles. The lowest BCUT2D eigenvalue weighted by Gasteiger charge is -2.14. The third-order valence-electron chi connectivity index (χ3n) is 4.32. The maximum Gasteiger partial charge on any atom is 0.311 e. The fourth-order valence-corrected chi connectivity index (χ4v) is 2.88. The minimum atomic E-state index is -0.923. The number of benzene rings is 3. The smallest absolute Gasteiger partial charge is 0.311 e. The van der Waals surface area contributed by atoms with Gasteiger partial charge in [0.2, 0.25) is 5.91 Å². The van der Waals surface area contributed by atoms with Crippen molar-refractivity contribution in [3.8, 4) is 0 Å². The molecular weight excluding hydrogens is 368 g/mol. The number of carbonyl (C=O) groups is 3. The maximum atomic E-state index is 12.4. The van der Waals surface area contributed by atoms with Gasteiger partial charge in [0.05, 0.1) is 6.42 Å². The molecule has 0 aliphatic carbocycles. The number of esters is 1. The molecule has 1 atom stereocenters. The number of carbonyl (C=O) groups excluding carboxylic acids is 3. The third kappa shape index (κ3) is 5.65. The molecule has 0 aliphatic heterocycles. The normalized spacial score (nSPS) is 11.5. The highest BCUT2D eigenvalue weighted by atomic mass is 16.5. The predicted octanol–water partition coefficient (Wildman–Crippen LogP) is 3.91. The van der Waals surface area contributed by atoms with Crippen LogP contribution in [0.25, 0.3) is 10.8 Å². The van der Waals surface area contributed by atoms with E-state index in [1.807, 2.05) is 42.5 Å². The molecule has 3 rings (SSSR count). The Labute approximate surface area is 168 Å². The fourth-order valence-electron chi connectivity index (χ4n) is 2.88. The molecule has 0 spiro atoms. The zero-order valence-corrected chi connectivity index (χ0v) is 16.3. The molecule has 2 N–H and O–H groups in total. The van der Waals surface area contributed by atoms with Crippen LogP contribution in [0.1, 0.15) is 19.4 Å². The van der Waals surface area contributed by atoms with Gasteiger partial charge in [-0.3, -0.25) is 14.4 Å². The quantitative estimate of drug-likeness (QED) is 0.625. The van der Waals surface area contributed by atoms with E-state index in [1.54, 1.807) is 24.3 Å². The third-order valence-corrected chi connectivity index (χ3v) is 4.32. The minimum absolute atomic E-state index is 0.0357. The number of fused-ring (bicyclic) bond motifs is 1. The number of hydrogen-bond acceptors (Lipinski definition) is 4. The summed E-state index contributed by atoms with van der Waals surface area (Å²) in [7, 11) is 0. The van der Waals surface area contributed by atoms with Gasteiger partial charge in [-0.15, -0.1) is 0 Å². The molecule has 2 amide bonds. The molecule has 0 aliphatic rings. The van der Waals surface area contributed by atoms with Crippen LogP contribution in [0.15, 0.2) is 66.7 Å². The molecule has 6 nitrogen and oxygen atoms in total. The van der Waals surface area contributed by atoms with Gasteiger partial charge in [0.25, 0.3) is 5.91 Å². The molecule has 0 bridgehead atoms. The first-order valence-electron chi connectivity index (χ1n) is 9.26. The highest BCUT2D eigenvalue weighted by Crippen LogP contribution is 2.19. The predicted molar refractivity (Wildman–Crippen MR) is 113 cm³/mol. The highest BCUT2D eigenvalue weighted by molar-refractivity contribution is 5.97. The first-order chi connectivity index (χ1) is 13.9. The lowest BCUT2D eigenvalue weighted by molar-refractivity contribution is -0.152. The van der Waals surface area contributed by atoms with E-state index < -0.39 is 18.0 Å². The van der Waals surface area contributed by atoms with Gasteiger partial charge in [0, 0.05) is 18.3 Å². The molecule has 3 aromatic carbocycles. The van der Waals surface area contributed by atoms with Crippen molar-refractivity contribution in [1.29, 1.82) is 0 Å². The van der Waals surface area contributed by atoms with Crippen LogP contribution in [0.2, 0.25) is 0 Å². The molecule has 6 heteroatoms. The van der Waals surface area contributed by atoms with E-state index in [9.17, 15) is 14.4 Å². The first-order valence-corrected chi connectivity index (χ1v) is 9.26. The van der Waals surface area contributed by atoms with Crippen LogP contribution in [-0.4, -0.2) is 23.9 Å². The van der Waals surface area contributed by atoms with Crippen molar-refractivity contribution < 1.29 is 19.1 Å². The second-order valence-corrected chi connectivity index (χ2v) is 6.74. The summed E-state index contributed by atoms with van der Waals surface area (Å²) < 4.78 is 5.25. The summed E-state index contributed by atoms with van der Waals surface area (Å²) in [6.07, 6.45) is -0.888. The van der Waals surface area contributed by atoms with Gasteiger partial charge in [-0.1, -0.05) is 42.5 Å². The molecule has 3 aromatic rings. The van der Waals surface area contributed by atoms with Crippen molar-refractivity contribution in [2.24, 2.45) is 0 Å². The SMILES string of the molecule is CC(=O)Nc1ccc(CC(=O)O[C@H](C)C(=O)Nc2ccc3ccccc3c2)cc1. The summed E-state index contributed by atoms with van der Waals surface area (Å²) in [6.45, 7) is 2.96. The Morgan fingerprint density at radius 2 is 1.52 bits per heavy atom. The molecule has 0 radical (unpaired) electrons. The van der Waals surface area contributed by atoms with Crippen LogP contribution in [-0.2, 0) is 25.5 Å². The average molecular weight is 390 g/mol. The Kier molecular flexibility index (Phi) is 6.24. The molecular formula is C23H22N2O4. The Balaban J connectivity index is 1.54. The Hall–Kier alpha value is -3.67. The topological polar surface area (TPSA) is 84.5 Å². The monoisotopic (exact) mass is 390 g/mol. The van der Waals surface area contributed by atoms with E-state index in [-0.39, 0.29) is 12.3 Å². The Morgan fingerprint density at radius 3 is 2.21 bits per heavy atom. The second-order valence-electron chi connectivity index (χ2n) is 6.74. The van der Waals surface area contributed by atoms with Gasteiger partial charge in [-0.2, -0.15) is 0 Å².